The molecule has 0 spiro atoms. The molecule has 2 aromatic carbocycles. The maximum atomic E-state index is 5.60. The lowest BCUT2D eigenvalue weighted by Crippen LogP contribution is -2.12. The standard InChI is InChI=1S/C12H11PS2/c14-13(15,11-7-3-1-4-8-11)12-9-5-2-6-10-12/h1-10H,(H,14,15)/p-1. The van der Waals surface area contributed by atoms with Crippen molar-refractivity contribution in [1.82, 2.24) is 0 Å². The largest absolute Gasteiger partial charge is 0.738 e. The third-order valence-electron chi connectivity index (χ3n) is 2.19. The minimum atomic E-state index is -1.98. The van der Waals surface area contributed by atoms with Crippen LogP contribution in [0.3, 0.4) is 0 Å². The molecule has 0 N–H and O–H groups in total. The lowest BCUT2D eigenvalue weighted by atomic mass is 10.4. The fourth-order valence-electron chi connectivity index (χ4n) is 1.40. The molecule has 0 nitrogen and oxygen atoms in total. The van der Waals surface area contributed by atoms with Crippen LogP contribution in [0.25, 0.3) is 0 Å². The Morgan fingerprint density at radius 2 is 1.07 bits per heavy atom. The summed E-state index contributed by atoms with van der Waals surface area (Å²) in [5, 5.41) is 0.216. The van der Waals surface area contributed by atoms with E-state index in [1.54, 1.807) is 0 Å². The van der Waals surface area contributed by atoms with Crippen LogP contribution in [-0.2, 0) is 24.1 Å². The van der Waals surface area contributed by atoms with Crippen LogP contribution in [0.4, 0.5) is 0 Å². The molecule has 0 aliphatic heterocycles. The van der Waals surface area contributed by atoms with Crippen molar-refractivity contribution in [3.63, 3.8) is 0 Å². The zero-order chi connectivity index (χ0) is 10.7. The number of rotatable bonds is 2. The predicted molar refractivity (Wildman–Crippen MR) is 73.8 cm³/mol. The maximum Gasteiger partial charge on any atom is -0.0328 e. The van der Waals surface area contributed by atoms with Crippen molar-refractivity contribution in [3.8, 4) is 0 Å². The molecule has 0 saturated heterocycles. The van der Waals surface area contributed by atoms with Gasteiger partial charge in [-0.2, -0.15) is 0 Å². The molecular weight excluding hydrogens is 239 g/mol. The summed E-state index contributed by atoms with van der Waals surface area (Å²) in [5.41, 5.74) is 0. The molecule has 0 aliphatic rings. The molecule has 0 amide bonds. The summed E-state index contributed by atoms with van der Waals surface area (Å²) in [6.07, 6.45) is 0. The molecule has 0 unspecified atom stereocenters. The first-order chi connectivity index (χ1) is 7.21. The number of benzene rings is 2. The van der Waals surface area contributed by atoms with Gasteiger partial charge in [-0.05, 0) is 10.6 Å². The number of hydrogen-bond acceptors (Lipinski definition) is 2. The van der Waals surface area contributed by atoms with E-state index in [0.29, 0.717) is 0 Å². The van der Waals surface area contributed by atoms with Gasteiger partial charge in [0.1, 0.15) is 0 Å². The van der Waals surface area contributed by atoms with Crippen molar-refractivity contribution >= 4 is 39.9 Å². The normalized spacial score (nSPS) is 11.3. The fourth-order valence-corrected chi connectivity index (χ4v) is 4.29. The maximum absolute atomic E-state index is 5.60. The monoisotopic (exact) mass is 249 g/mol. The van der Waals surface area contributed by atoms with Crippen molar-refractivity contribution in [2.75, 3.05) is 0 Å². The molecule has 0 aromatic heterocycles. The van der Waals surface area contributed by atoms with E-state index >= 15 is 0 Å². The zero-order valence-corrected chi connectivity index (χ0v) is 10.6. The van der Waals surface area contributed by atoms with Gasteiger partial charge in [-0.3, -0.25) is 0 Å². The molecule has 0 saturated carbocycles. The first-order valence-corrected chi connectivity index (χ1v) is 8.45. The van der Waals surface area contributed by atoms with Crippen LogP contribution in [0, 0.1) is 0 Å². The highest BCUT2D eigenvalue weighted by Gasteiger charge is 2.05. The topological polar surface area (TPSA) is 0 Å². The van der Waals surface area contributed by atoms with Crippen LogP contribution in [0.1, 0.15) is 0 Å². The Bertz CT molecular complexity index is 436. The van der Waals surface area contributed by atoms with Crippen molar-refractivity contribution in [2.24, 2.45) is 0 Å². The van der Waals surface area contributed by atoms with Crippen LogP contribution in [0.15, 0.2) is 60.7 Å². The Hall–Kier alpha value is -0.560. The lowest BCUT2D eigenvalue weighted by Gasteiger charge is -2.29. The third-order valence-corrected chi connectivity index (χ3v) is 6.68. The summed E-state index contributed by atoms with van der Waals surface area (Å²) >= 11 is 11.2. The summed E-state index contributed by atoms with van der Waals surface area (Å²) in [6.45, 7) is 0. The van der Waals surface area contributed by atoms with Crippen LogP contribution < -0.4 is 10.6 Å². The molecule has 0 fully saturated rings. The highest BCUT2D eigenvalue weighted by molar-refractivity contribution is 8.60. The first kappa shape index (κ1) is 10.9. The van der Waals surface area contributed by atoms with Crippen LogP contribution in [0.5, 0.6) is 0 Å². The second-order valence-electron chi connectivity index (χ2n) is 3.22. The number of hydrogen-bond donors (Lipinski definition) is 0. The Morgan fingerprint density at radius 3 is 1.40 bits per heavy atom. The Morgan fingerprint density at radius 1 is 0.733 bits per heavy atom. The van der Waals surface area contributed by atoms with Crippen LogP contribution in [-0.4, -0.2) is 0 Å². The molecule has 0 aliphatic carbocycles. The van der Waals surface area contributed by atoms with Gasteiger partial charge in [0.05, 0.1) is 0 Å². The van der Waals surface area contributed by atoms with Gasteiger partial charge in [-0.25, -0.2) is 0 Å². The molecule has 3 heteroatoms. The van der Waals surface area contributed by atoms with E-state index in [4.69, 9.17) is 24.1 Å². The summed E-state index contributed by atoms with van der Waals surface area (Å²) in [4.78, 5) is 0. The van der Waals surface area contributed by atoms with Gasteiger partial charge in [-0.15, -0.1) is 17.0 Å². The van der Waals surface area contributed by atoms with E-state index in [2.05, 4.69) is 0 Å². The molecule has 2 aromatic rings. The molecule has 15 heavy (non-hydrogen) atoms. The van der Waals surface area contributed by atoms with Gasteiger partial charge in [-0.1, -0.05) is 60.7 Å². The Labute approximate surface area is 101 Å². The van der Waals surface area contributed by atoms with Crippen LogP contribution in [0.2, 0.25) is 0 Å². The average molecular weight is 249 g/mol. The van der Waals surface area contributed by atoms with E-state index < -0.39 is 5.24 Å². The smallest absolute Gasteiger partial charge is 0.0328 e. The second-order valence-corrected chi connectivity index (χ2v) is 9.34. The van der Waals surface area contributed by atoms with Crippen molar-refractivity contribution in [2.45, 2.75) is 0 Å². The van der Waals surface area contributed by atoms with E-state index in [-0.39, 0.29) is 0 Å². The fraction of sp³-hybridized carbons (Fsp3) is 0. The minimum absolute atomic E-state index is 1.10. The lowest BCUT2D eigenvalue weighted by molar-refractivity contribution is 1.76. The van der Waals surface area contributed by atoms with Crippen molar-refractivity contribution < 1.29 is 0 Å². The summed E-state index contributed by atoms with van der Waals surface area (Å²) in [5.74, 6) is 0. The molecular formula is C12H10PS2-. The van der Waals surface area contributed by atoms with Gasteiger partial charge < -0.3 is 12.2 Å². The first-order valence-electron chi connectivity index (χ1n) is 4.63. The van der Waals surface area contributed by atoms with E-state index in [1.165, 1.54) is 0 Å². The van der Waals surface area contributed by atoms with E-state index in [1.807, 2.05) is 60.7 Å². The third kappa shape index (κ3) is 2.34. The van der Waals surface area contributed by atoms with Gasteiger partial charge in [0.15, 0.2) is 0 Å². The molecule has 76 valence electrons. The molecule has 2 rings (SSSR count). The SMILES string of the molecule is S=P([S-])(c1ccccc1)c1ccccc1. The highest BCUT2D eigenvalue weighted by atomic mass is 32.9. The molecule has 0 atom stereocenters. The molecule has 0 bridgehead atoms. The summed E-state index contributed by atoms with van der Waals surface area (Å²) in [6, 6.07) is 20.1. The van der Waals surface area contributed by atoms with Gasteiger partial charge >= 0.3 is 0 Å². The molecule has 0 heterocycles. The summed E-state index contributed by atoms with van der Waals surface area (Å²) < 4.78 is 0. The van der Waals surface area contributed by atoms with Gasteiger partial charge in [0.2, 0.25) is 0 Å². The van der Waals surface area contributed by atoms with E-state index in [0.717, 1.165) is 10.6 Å². The van der Waals surface area contributed by atoms with Crippen molar-refractivity contribution in [3.05, 3.63) is 60.7 Å². The van der Waals surface area contributed by atoms with Crippen LogP contribution >= 0.6 is 5.24 Å². The Balaban J connectivity index is 2.50. The van der Waals surface area contributed by atoms with Gasteiger partial charge in [0.25, 0.3) is 0 Å². The molecule has 0 radical (unpaired) electrons. The minimum Gasteiger partial charge on any atom is -0.738 e. The van der Waals surface area contributed by atoms with Gasteiger partial charge in [0, 0.05) is 0 Å². The second kappa shape index (κ2) is 4.52. The highest BCUT2D eigenvalue weighted by Crippen LogP contribution is 2.40. The van der Waals surface area contributed by atoms with E-state index in [9.17, 15) is 0 Å². The zero-order valence-electron chi connectivity index (χ0n) is 8.04. The van der Waals surface area contributed by atoms with Crippen molar-refractivity contribution in [1.29, 1.82) is 0 Å². The quantitative estimate of drug-likeness (QED) is 0.592. The summed E-state index contributed by atoms with van der Waals surface area (Å²) in [7, 11) is 0. The predicted octanol–water partition coefficient (Wildman–Crippen LogP) is 2.58. The Kier molecular flexibility index (Phi) is 3.30. The average Bonchev–Trinajstić information content (AvgIpc) is 2.31.